The molecule has 0 spiro atoms. The molecule has 0 fully saturated rings. The molecule has 0 aliphatic carbocycles. The molecule has 0 atom stereocenters. The Balaban J connectivity index is 1.66. The minimum atomic E-state index is 0.554. The van der Waals surface area contributed by atoms with E-state index in [1.165, 1.54) is 0 Å². The molecule has 0 amide bonds. The van der Waals surface area contributed by atoms with E-state index in [2.05, 4.69) is 20.3 Å². The van der Waals surface area contributed by atoms with Crippen LogP contribution in [0.5, 0.6) is 0 Å². The number of nitrogens with one attached hydrogen (secondary N) is 1. The van der Waals surface area contributed by atoms with Gasteiger partial charge in [-0.1, -0.05) is 29.4 Å². The molecular weight excluding hydrogens is 272 g/mol. The van der Waals surface area contributed by atoms with Gasteiger partial charge in [0.2, 0.25) is 11.7 Å². The summed E-state index contributed by atoms with van der Waals surface area (Å²) in [4.78, 5) is 5.43. The van der Waals surface area contributed by atoms with Crippen LogP contribution in [0.2, 0.25) is 0 Å². The maximum atomic E-state index is 5.31. The van der Waals surface area contributed by atoms with E-state index in [1.807, 2.05) is 41.8 Å². The van der Waals surface area contributed by atoms with Gasteiger partial charge in [-0.05, 0) is 17.5 Å². The number of hydrogen-bond donors (Lipinski definition) is 1. The van der Waals surface area contributed by atoms with Crippen LogP contribution in [-0.4, -0.2) is 20.3 Å². The minimum Gasteiger partial charge on any atom is -0.339 e. The summed E-state index contributed by atoms with van der Waals surface area (Å²) in [5, 5.41) is 14.4. The molecule has 0 bridgehead atoms. The number of hydrogen-bond acceptors (Lipinski definition) is 5. The van der Waals surface area contributed by atoms with Crippen LogP contribution in [-0.2, 0) is 6.42 Å². The summed E-state index contributed by atoms with van der Waals surface area (Å²) in [6, 6.07) is 11.9. The molecule has 4 rings (SSSR count). The number of nitrogens with zero attached hydrogens (tertiary/aromatic N) is 3. The van der Waals surface area contributed by atoms with Crippen molar-refractivity contribution in [1.29, 1.82) is 0 Å². The second-order valence-electron chi connectivity index (χ2n) is 4.39. The van der Waals surface area contributed by atoms with Crippen molar-refractivity contribution in [3.05, 3.63) is 53.4 Å². The van der Waals surface area contributed by atoms with Gasteiger partial charge in [-0.25, -0.2) is 0 Å². The van der Waals surface area contributed by atoms with Gasteiger partial charge in [0.05, 0.1) is 22.5 Å². The SMILES string of the molecule is c1csc(-c2noc(Cc3[nH]nc4ccccc34)n2)c1. The van der Waals surface area contributed by atoms with Crippen LogP contribution in [0.25, 0.3) is 21.6 Å². The zero-order chi connectivity index (χ0) is 13.4. The lowest BCUT2D eigenvalue weighted by atomic mass is 10.2. The molecule has 20 heavy (non-hydrogen) atoms. The molecule has 4 aromatic rings. The van der Waals surface area contributed by atoms with Gasteiger partial charge in [-0.15, -0.1) is 11.3 Å². The summed E-state index contributed by atoms with van der Waals surface area (Å²) >= 11 is 1.59. The topological polar surface area (TPSA) is 67.6 Å². The third-order valence-electron chi connectivity index (χ3n) is 3.08. The first-order valence-electron chi connectivity index (χ1n) is 6.18. The Kier molecular flexibility index (Phi) is 2.60. The number of thiophene rings is 1. The Bertz CT molecular complexity index is 847. The van der Waals surface area contributed by atoms with Crippen LogP contribution in [0.15, 0.2) is 46.3 Å². The second-order valence-corrected chi connectivity index (χ2v) is 5.33. The Morgan fingerprint density at radius 1 is 1.15 bits per heavy atom. The lowest BCUT2D eigenvalue weighted by Gasteiger charge is -1.92. The van der Waals surface area contributed by atoms with Crippen molar-refractivity contribution in [3.8, 4) is 10.7 Å². The summed E-state index contributed by atoms with van der Waals surface area (Å²) < 4.78 is 5.31. The lowest BCUT2D eigenvalue weighted by molar-refractivity contribution is 0.385. The summed E-state index contributed by atoms with van der Waals surface area (Å²) in [6.07, 6.45) is 0.554. The summed E-state index contributed by atoms with van der Waals surface area (Å²) in [7, 11) is 0. The van der Waals surface area contributed by atoms with Crippen molar-refractivity contribution in [1.82, 2.24) is 20.3 Å². The van der Waals surface area contributed by atoms with Crippen molar-refractivity contribution in [2.24, 2.45) is 0 Å². The fraction of sp³-hybridized carbons (Fsp3) is 0.0714. The molecule has 0 saturated heterocycles. The smallest absolute Gasteiger partial charge is 0.233 e. The first-order chi connectivity index (χ1) is 9.90. The van der Waals surface area contributed by atoms with Crippen LogP contribution in [0.4, 0.5) is 0 Å². The quantitative estimate of drug-likeness (QED) is 0.626. The maximum absolute atomic E-state index is 5.31. The van der Waals surface area contributed by atoms with Crippen molar-refractivity contribution in [2.45, 2.75) is 6.42 Å². The Hall–Kier alpha value is -2.47. The number of para-hydroxylation sites is 1. The Morgan fingerprint density at radius 3 is 3.00 bits per heavy atom. The zero-order valence-electron chi connectivity index (χ0n) is 10.4. The molecular formula is C14H10N4OS. The molecule has 1 N–H and O–H groups in total. The first kappa shape index (κ1) is 11.4. The molecule has 0 unspecified atom stereocenters. The van der Waals surface area contributed by atoms with Crippen LogP contribution in [0, 0.1) is 0 Å². The highest BCUT2D eigenvalue weighted by Gasteiger charge is 2.12. The summed E-state index contributed by atoms with van der Waals surface area (Å²) in [6.45, 7) is 0. The fourth-order valence-corrected chi connectivity index (χ4v) is 2.78. The van der Waals surface area contributed by atoms with E-state index in [9.17, 15) is 0 Å². The number of H-pyrrole nitrogens is 1. The van der Waals surface area contributed by atoms with Crippen LogP contribution >= 0.6 is 11.3 Å². The predicted molar refractivity (Wildman–Crippen MR) is 76.5 cm³/mol. The van der Waals surface area contributed by atoms with Crippen molar-refractivity contribution in [2.75, 3.05) is 0 Å². The highest BCUT2D eigenvalue weighted by molar-refractivity contribution is 7.13. The molecule has 3 heterocycles. The molecule has 1 aromatic carbocycles. The van der Waals surface area contributed by atoms with E-state index in [-0.39, 0.29) is 0 Å². The van der Waals surface area contributed by atoms with E-state index in [4.69, 9.17) is 4.52 Å². The van der Waals surface area contributed by atoms with Gasteiger partial charge < -0.3 is 4.52 Å². The number of rotatable bonds is 3. The predicted octanol–water partition coefficient (Wildman–Crippen LogP) is 3.27. The molecule has 98 valence electrons. The number of aromatic nitrogens is 4. The highest BCUT2D eigenvalue weighted by atomic mass is 32.1. The van der Waals surface area contributed by atoms with Crippen molar-refractivity contribution in [3.63, 3.8) is 0 Å². The normalized spacial score (nSPS) is 11.2. The van der Waals surface area contributed by atoms with Crippen LogP contribution in [0.3, 0.4) is 0 Å². The standard InChI is InChI=1S/C14H10N4OS/c1-2-5-10-9(4-1)11(17-16-10)8-13-15-14(18-19-13)12-6-3-7-20-12/h1-7H,8H2,(H,16,17). The van der Waals surface area contributed by atoms with E-state index in [0.29, 0.717) is 18.1 Å². The summed E-state index contributed by atoms with van der Waals surface area (Å²) in [5.41, 5.74) is 1.93. The third-order valence-corrected chi connectivity index (χ3v) is 3.94. The van der Waals surface area contributed by atoms with Gasteiger partial charge in [0.15, 0.2) is 0 Å². The molecule has 6 heteroatoms. The number of benzene rings is 1. The highest BCUT2D eigenvalue weighted by Crippen LogP contribution is 2.23. The Morgan fingerprint density at radius 2 is 2.10 bits per heavy atom. The van der Waals surface area contributed by atoms with Gasteiger partial charge >= 0.3 is 0 Å². The maximum Gasteiger partial charge on any atom is 0.233 e. The van der Waals surface area contributed by atoms with E-state index < -0.39 is 0 Å². The summed E-state index contributed by atoms with van der Waals surface area (Å²) in [5.74, 6) is 1.22. The second kappa shape index (κ2) is 4.57. The van der Waals surface area contributed by atoms with Crippen LogP contribution in [0.1, 0.15) is 11.6 Å². The molecule has 3 aromatic heterocycles. The van der Waals surface area contributed by atoms with Gasteiger partial charge in [0.1, 0.15) is 0 Å². The molecule has 0 saturated carbocycles. The van der Waals surface area contributed by atoms with E-state index in [0.717, 1.165) is 21.5 Å². The van der Waals surface area contributed by atoms with Gasteiger partial charge in [0.25, 0.3) is 0 Å². The van der Waals surface area contributed by atoms with Crippen LogP contribution < -0.4 is 0 Å². The number of fused-ring (bicyclic) bond motifs is 1. The average molecular weight is 282 g/mol. The molecule has 0 aliphatic rings. The van der Waals surface area contributed by atoms with E-state index in [1.54, 1.807) is 11.3 Å². The molecule has 0 radical (unpaired) electrons. The monoisotopic (exact) mass is 282 g/mol. The van der Waals surface area contributed by atoms with Gasteiger partial charge in [-0.3, -0.25) is 5.10 Å². The van der Waals surface area contributed by atoms with Gasteiger partial charge in [0, 0.05) is 5.39 Å². The number of aromatic amines is 1. The largest absolute Gasteiger partial charge is 0.339 e. The zero-order valence-corrected chi connectivity index (χ0v) is 11.2. The molecule has 0 aliphatic heterocycles. The van der Waals surface area contributed by atoms with Gasteiger partial charge in [-0.2, -0.15) is 10.1 Å². The third kappa shape index (κ3) is 1.90. The van der Waals surface area contributed by atoms with Crippen molar-refractivity contribution < 1.29 is 4.52 Å². The minimum absolute atomic E-state index is 0.554. The lowest BCUT2D eigenvalue weighted by Crippen LogP contribution is -1.89. The Labute approximate surface area is 118 Å². The first-order valence-corrected chi connectivity index (χ1v) is 7.06. The van der Waals surface area contributed by atoms with E-state index >= 15 is 0 Å². The van der Waals surface area contributed by atoms with Crippen molar-refractivity contribution >= 4 is 22.2 Å². The molecule has 5 nitrogen and oxygen atoms in total. The average Bonchev–Trinajstić information content (AvgIpc) is 3.19. The fourth-order valence-electron chi connectivity index (χ4n) is 2.13.